The topological polar surface area (TPSA) is 26.3 Å². The Morgan fingerprint density at radius 1 is 1.80 bits per heavy atom. The first-order valence-corrected chi connectivity index (χ1v) is 7.49. The van der Waals surface area contributed by atoms with Crippen molar-refractivity contribution in [1.82, 2.24) is 0 Å². The van der Waals surface area contributed by atoms with Gasteiger partial charge >= 0.3 is 5.97 Å². The van der Waals surface area contributed by atoms with Gasteiger partial charge in [-0.25, -0.2) is 4.79 Å². The third-order valence-electron chi connectivity index (χ3n) is 1.71. The van der Waals surface area contributed by atoms with Gasteiger partial charge in [0.05, 0.1) is 16.9 Å². The number of carbonyl (C=O) groups excluding carboxylic acids is 1. The summed E-state index contributed by atoms with van der Waals surface area (Å²) in [7, 11) is 1.34. The van der Waals surface area contributed by atoms with Crippen molar-refractivity contribution in [3.8, 4) is 0 Å². The molecule has 84 valence electrons. The molecule has 1 unspecified atom stereocenters. The summed E-state index contributed by atoms with van der Waals surface area (Å²) in [5, 5.41) is 1.62. The molecule has 1 heterocycles. The first-order chi connectivity index (χ1) is 7.10. The predicted octanol–water partition coefficient (Wildman–Crippen LogP) is 3.37. The molecule has 0 amide bonds. The van der Waals surface area contributed by atoms with Crippen LogP contribution in [0.4, 0.5) is 0 Å². The van der Waals surface area contributed by atoms with Crippen molar-refractivity contribution in [2.45, 2.75) is 5.25 Å². The number of carbonyl (C=O) groups is 1. The number of halogens is 2. The minimum absolute atomic E-state index is 0.243. The molecule has 0 aromatic rings. The maximum Gasteiger partial charge on any atom is 0.341 e. The van der Waals surface area contributed by atoms with E-state index in [9.17, 15) is 4.79 Å². The second-order valence-corrected chi connectivity index (χ2v) is 6.47. The number of hydrogen-bond donors (Lipinski definition) is 0. The summed E-state index contributed by atoms with van der Waals surface area (Å²) in [6.45, 7) is 3.59. The molecule has 0 aromatic heterocycles. The zero-order valence-corrected chi connectivity index (χ0v) is 12.1. The molecular formula is C9H10BrClO2S2. The molecule has 2 nitrogen and oxygen atoms in total. The molecule has 0 aromatic carbocycles. The standard InChI is InChI=1S/C9H10BrClO2S2/c1-5(11)7(8(12)13-2)9-14-4-6(3-10)15-9/h6H,1,3-4H2,2H3/b9-7-. The summed E-state index contributed by atoms with van der Waals surface area (Å²) in [6, 6.07) is 0. The Hall–Kier alpha value is 0.420. The van der Waals surface area contributed by atoms with Gasteiger partial charge < -0.3 is 4.74 Å². The van der Waals surface area contributed by atoms with Crippen molar-refractivity contribution in [3.63, 3.8) is 0 Å². The number of rotatable bonds is 3. The van der Waals surface area contributed by atoms with Gasteiger partial charge in [-0.2, -0.15) is 0 Å². The Balaban J connectivity index is 2.92. The van der Waals surface area contributed by atoms with Crippen molar-refractivity contribution in [3.05, 3.63) is 21.4 Å². The van der Waals surface area contributed by atoms with Gasteiger partial charge in [0.25, 0.3) is 0 Å². The molecule has 0 N–H and O–H groups in total. The molecule has 1 atom stereocenters. The van der Waals surface area contributed by atoms with Crippen LogP contribution in [0.25, 0.3) is 0 Å². The van der Waals surface area contributed by atoms with E-state index < -0.39 is 5.97 Å². The fourth-order valence-corrected chi connectivity index (χ4v) is 5.07. The van der Waals surface area contributed by atoms with Crippen LogP contribution in [0.15, 0.2) is 21.4 Å². The van der Waals surface area contributed by atoms with Crippen LogP contribution in [0.1, 0.15) is 0 Å². The van der Waals surface area contributed by atoms with E-state index in [1.54, 1.807) is 23.5 Å². The SMILES string of the molecule is C=C(Cl)/C(C(=O)OC)=C1\SCC(CBr)S1. The molecule has 1 fully saturated rings. The van der Waals surface area contributed by atoms with E-state index in [-0.39, 0.29) is 5.03 Å². The maximum absolute atomic E-state index is 11.5. The monoisotopic (exact) mass is 328 g/mol. The number of methoxy groups -OCH3 is 1. The molecule has 1 aliphatic heterocycles. The van der Waals surface area contributed by atoms with Crippen molar-refractivity contribution < 1.29 is 9.53 Å². The molecule has 6 heteroatoms. The molecule has 0 bridgehead atoms. The average molecular weight is 330 g/mol. The lowest BCUT2D eigenvalue weighted by atomic mass is 10.3. The smallest absolute Gasteiger partial charge is 0.341 e. The highest BCUT2D eigenvalue weighted by Gasteiger charge is 2.27. The Bertz CT molecular complexity index is 317. The van der Waals surface area contributed by atoms with Crippen molar-refractivity contribution >= 4 is 57.0 Å². The summed E-state index contributed by atoms with van der Waals surface area (Å²) in [5.41, 5.74) is 0.401. The Labute approximate surface area is 111 Å². The largest absolute Gasteiger partial charge is 0.465 e. The highest BCUT2D eigenvalue weighted by Crippen LogP contribution is 2.45. The van der Waals surface area contributed by atoms with Crippen molar-refractivity contribution in [1.29, 1.82) is 0 Å². The summed E-state index contributed by atoms with van der Waals surface area (Å²) >= 11 is 12.5. The zero-order chi connectivity index (χ0) is 11.4. The quantitative estimate of drug-likeness (QED) is 0.450. The predicted molar refractivity (Wildman–Crippen MR) is 71.7 cm³/mol. The van der Waals surface area contributed by atoms with E-state index in [1.807, 2.05) is 0 Å². The van der Waals surface area contributed by atoms with Crippen LogP contribution in [0, 0.1) is 0 Å². The van der Waals surface area contributed by atoms with Crippen molar-refractivity contribution in [2.24, 2.45) is 0 Å². The zero-order valence-electron chi connectivity index (χ0n) is 8.09. The molecule has 1 aliphatic rings. The third-order valence-corrected chi connectivity index (χ3v) is 6.08. The van der Waals surface area contributed by atoms with E-state index in [2.05, 4.69) is 27.2 Å². The lowest BCUT2D eigenvalue weighted by molar-refractivity contribution is -0.135. The second-order valence-electron chi connectivity index (χ2n) is 2.76. The van der Waals surface area contributed by atoms with E-state index in [1.165, 1.54) is 7.11 Å². The lowest BCUT2D eigenvalue weighted by Gasteiger charge is -2.06. The fraction of sp³-hybridized carbons (Fsp3) is 0.444. The van der Waals surface area contributed by atoms with E-state index >= 15 is 0 Å². The highest BCUT2D eigenvalue weighted by molar-refractivity contribution is 9.09. The Kier molecular flexibility index (Phi) is 5.60. The van der Waals surface area contributed by atoms with Crippen LogP contribution >= 0.6 is 51.1 Å². The molecule has 0 spiro atoms. The summed E-state index contributed by atoms with van der Waals surface area (Å²) < 4.78 is 5.58. The van der Waals surface area contributed by atoms with Crippen LogP contribution in [0.3, 0.4) is 0 Å². The number of alkyl halides is 1. The maximum atomic E-state index is 11.5. The number of esters is 1. The first kappa shape index (κ1) is 13.5. The van der Waals surface area contributed by atoms with Crippen LogP contribution < -0.4 is 0 Å². The molecule has 0 aliphatic carbocycles. The Morgan fingerprint density at radius 2 is 2.47 bits per heavy atom. The second kappa shape index (κ2) is 6.23. The lowest BCUT2D eigenvalue weighted by Crippen LogP contribution is -2.06. The summed E-state index contributed by atoms with van der Waals surface area (Å²) in [6.07, 6.45) is 0. The number of thioether (sulfide) groups is 2. The molecule has 0 radical (unpaired) electrons. The van der Waals surface area contributed by atoms with Gasteiger partial charge in [-0.1, -0.05) is 34.1 Å². The van der Waals surface area contributed by atoms with Gasteiger partial charge in [-0.05, 0) is 0 Å². The van der Waals surface area contributed by atoms with Gasteiger partial charge in [0.15, 0.2) is 0 Å². The minimum atomic E-state index is -0.416. The van der Waals surface area contributed by atoms with Crippen LogP contribution in [0.5, 0.6) is 0 Å². The fourth-order valence-electron chi connectivity index (χ4n) is 1.00. The van der Waals surface area contributed by atoms with Crippen molar-refractivity contribution in [2.75, 3.05) is 18.2 Å². The molecule has 0 saturated carbocycles. The van der Waals surface area contributed by atoms with E-state index in [4.69, 9.17) is 11.6 Å². The van der Waals surface area contributed by atoms with E-state index in [0.29, 0.717) is 10.8 Å². The van der Waals surface area contributed by atoms with Gasteiger partial charge in [-0.3, -0.25) is 0 Å². The van der Waals surface area contributed by atoms with Gasteiger partial charge in [-0.15, -0.1) is 23.5 Å². The molecular weight excluding hydrogens is 320 g/mol. The minimum Gasteiger partial charge on any atom is -0.465 e. The average Bonchev–Trinajstić information content (AvgIpc) is 2.65. The van der Waals surface area contributed by atoms with E-state index in [0.717, 1.165) is 15.3 Å². The normalized spacial score (nSPS) is 23.8. The summed E-state index contributed by atoms with van der Waals surface area (Å²) in [5.74, 6) is 0.552. The first-order valence-electron chi connectivity index (χ1n) is 4.13. The van der Waals surface area contributed by atoms with Gasteiger partial charge in [0.1, 0.15) is 0 Å². The molecule has 15 heavy (non-hydrogen) atoms. The summed E-state index contributed by atoms with van der Waals surface area (Å²) in [4.78, 5) is 11.5. The van der Waals surface area contributed by atoms with Gasteiger partial charge in [0, 0.05) is 21.4 Å². The third kappa shape index (κ3) is 3.44. The molecule has 1 rings (SSSR count). The van der Waals surface area contributed by atoms with Crippen LogP contribution in [0.2, 0.25) is 0 Å². The van der Waals surface area contributed by atoms with Crippen LogP contribution in [-0.4, -0.2) is 29.4 Å². The number of hydrogen-bond acceptors (Lipinski definition) is 4. The Morgan fingerprint density at radius 3 is 2.87 bits per heavy atom. The molecule has 1 saturated heterocycles. The van der Waals surface area contributed by atoms with Crippen LogP contribution in [-0.2, 0) is 9.53 Å². The van der Waals surface area contributed by atoms with Gasteiger partial charge in [0.2, 0.25) is 0 Å². The number of ether oxygens (including phenoxy) is 1. The highest BCUT2D eigenvalue weighted by atomic mass is 79.9.